The number of hydrogen-bond donors (Lipinski definition) is 0. The minimum atomic E-state index is -1.35. The third-order valence-corrected chi connectivity index (χ3v) is 3.56. The van der Waals surface area contributed by atoms with Crippen molar-refractivity contribution in [2.75, 3.05) is 25.0 Å². The molecule has 1 atom stereocenters. The van der Waals surface area contributed by atoms with E-state index in [-0.39, 0.29) is 36.7 Å². The fourth-order valence-electron chi connectivity index (χ4n) is 2.34. The molecule has 0 bridgehead atoms. The third kappa shape index (κ3) is 5.11. The van der Waals surface area contributed by atoms with Gasteiger partial charge in [0.1, 0.15) is 17.1 Å². The molecule has 1 aromatic heterocycles. The van der Waals surface area contributed by atoms with Crippen LogP contribution >= 0.6 is 0 Å². The zero-order valence-corrected chi connectivity index (χ0v) is 14.8. The molecular formula is C15H21LiN4O4. The Morgan fingerprint density at radius 3 is 2.50 bits per heavy atom. The fourth-order valence-corrected chi connectivity index (χ4v) is 2.34. The molecule has 1 saturated heterocycles. The van der Waals surface area contributed by atoms with Crippen molar-refractivity contribution in [1.29, 1.82) is 0 Å². The standard InChI is InChI=1S/C15H22N4O4.Li/c1-15(2,3)23-14(22)18(4)10-5-6-19(9-10)12-8-16-11(7-17-12)13(20)21;/h7-8,10H,5-6,9H2,1-4H3,(H,20,21);/q;+1/p-1/t10-;/m1./s1. The summed E-state index contributed by atoms with van der Waals surface area (Å²) in [6.45, 7) is 6.78. The molecule has 1 amide bonds. The summed E-state index contributed by atoms with van der Waals surface area (Å²) in [4.78, 5) is 34.2. The van der Waals surface area contributed by atoms with Crippen molar-refractivity contribution < 1.29 is 38.3 Å². The molecule has 0 aromatic carbocycles. The van der Waals surface area contributed by atoms with Crippen LogP contribution < -0.4 is 28.9 Å². The number of aromatic nitrogens is 2. The van der Waals surface area contributed by atoms with E-state index in [1.807, 2.05) is 25.7 Å². The molecule has 2 rings (SSSR count). The van der Waals surface area contributed by atoms with Crippen LogP contribution in [0.4, 0.5) is 10.6 Å². The number of carboxylic acids is 1. The molecule has 2 heterocycles. The number of nitrogens with zero attached hydrogens (tertiary/aromatic N) is 4. The number of anilines is 1. The van der Waals surface area contributed by atoms with Crippen molar-refractivity contribution in [3.8, 4) is 0 Å². The topological polar surface area (TPSA) is 98.7 Å². The maximum Gasteiger partial charge on any atom is 1.00 e. The Kier molecular flexibility index (Phi) is 6.64. The van der Waals surface area contributed by atoms with Crippen LogP contribution in [0.25, 0.3) is 0 Å². The number of hydrogen-bond acceptors (Lipinski definition) is 7. The largest absolute Gasteiger partial charge is 1.00 e. The van der Waals surface area contributed by atoms with Crippen molar-refractivity contribution in [3.05, 3.63) is 18.1 Å². The van der Waals surface area contributed by atoms with E-state index in [0.717, 1.165) is 6.42 Å². The van der Waals surface area contributed by atoms with Gasteiger partial charge in [-0.3, -0.25) is 0 Å². The average molecular weight is 328 g/mol. The Labute approximate surface area is 153 Å². The van der Waals surface area contributed by atoms with Gasteiger partial charge in [-0.25, -0.2) is 14.8 Å². The van der Waals surface area contributed by atoms with Gasteiger partial charge < -0.3 is 24.4 Å². The molecule has 1 fully saturated rings. The Hall–Kier alpha value is -1.78. The van der Waals surface area contributed by atoms with E-state index >= 15 is 0 Å². The minimum Gasteiger partial charge on any atom is -0.543 e. The number of aromatic carboxylic acids is 1. The van der Waals surface area contributed by atoms with Crippen molar-refractivity contribution in [2.24, 2.45) is 0 Å². The third-order valence-electron chi connectivity index (χ3n) is 3.56. The first-order valence-electron chi connectivity index (χ1n) is 7.41. The molecule has 9 heteroatoms. The smallest absolute Gasteiger partial charge is 0.543 e. The van der Waals surface area contributed by atoms with Gasteiger partial charge in [-0.2, -0.15) is 0 Å². The van der Waals surface area contributed by atoms with Crippen LogP contribution in [0.1, 0.15) is 37.7 Å². The second-order valence-corrected chi connectivity index (χ2v) is 6.53. The monoisotopic (exact) mass is 328 g/mol. The molecule has 0 radical (unpaired) electrons. The predicted molar refractivity (Wildman–Crippen MR) is 81.0 cm³/mol. The first kappa shape index (κ1) is 20.3. The van der Waals surface area contributed by atoms with E-state index in [4.69, 9.17) is 4.74 Å². The molecule has 0 unspecified atom stereocenters. The van der Waals surface area contributed by atoms with Gasteiger partial charge in [0.05, 0.1) is 24.4 Å². The van der Waals surface area contributed by atoms with Crippen molar-refractivity contribution in [1.82, 2.24) is 14.9 Å². The quantitative estimate of drug-likeness (QED) is 0.556. The second-order valence-electron chi connectivity index (χ2n) is 6.53. The second kappa shape index (κ2) is 7.86. The summed E-state index contributed by atoms with van der Waals surface area (Å²) in [5, 5.41) is 10.7. The maximum atomic E-state index is 12.1. The summed E-state index contributed by atoms with van der Waals surface area (Å²) >= 11 is 0. The Morgan fingerprint density at radius 1 is 1.33 bits per heavy atom. The maximum absolute atomic E-state index is 12.1. The zero-order valence-electron chi connectivity index (χ0n) is 14.8. The molecule has 0 N–H and O–H groups in total. The summed E-state index contributed by atoms with van der Waals surface area (Å²) < 4.78 is 5.36. The number of carboxylic acid groups (broad SMARTS) is 1. The van der Waals surface area contributed by atoms with Crippen LogP contribution in [-0.4, -0.2) is 58.7 Å². The Balaban J connectivity index is 0.00000288. The summed E-state index contributed by atoms with van der Waals surface area (Å²) in [6, 6.07) is 0.00691. The van der Waals surface area contributed by atoms with Gasteiger partial charge >= 0.3 is 25.0 Å². The number of amides is 1. The molecule has 0 saturated carbocycles. The predicted octanol–water partition coefficient (Wildman–Crippen LogP) is -2.71. The minimum absolute atomic E-state index is 0. The van der Waals surface area contributed by atoms with E-state index in [0.29, 0.717) is 18.9 Å². The van der Waals surface area contributed by atoms with E-state index in [1.165, 1.54) is 12.4 Å². The molecule has 24 heavy (non-hydrogen) atoms. The molecular weight excluding hydrogens is 307 g/mol. The molecule has 0 spiro atoms. The van der Waals surface area contributed by atoms with Gasteiger partial charge in [-0.1, -0.05) is 0 Å². The molecule has 1 aliphatic rings. The van der Waals surface area contributed by atoms with Gasteiger partial charge in [0, 0.05) is 20.1 Å². The van der Waals surface area contributed by atoms with E-state index in [9.17, 15) is 14.7 Å². The van der Waals surface area contributed by atoms with Gasteiger partial charge in [0.15, 0.2) is 0 Å². The van der Waals surface area contributed by atoms with Crippen molar-refractivity contribution in [2.45, 2.75) is 38.8 Å². The summed E-state index contributed by atoms with van der Waals surface area (Å²) in [5.41, 5.74) is -0.731. The van der Waals surface area contributed by atoms with E-state index in [2.05, 4.69) is 9.97 Å². The van der Waals surface area contributed by atoms with E-state index in [1.54, 1.807) is 11.9 Å². The van der Waals surface area contributed by atoms with Gasteiger partial charge in [0.2, 0.25) is 0 Å². The van der Waals surface area contributed by atoms with Crippen LogP contribution in [0.5, 0.6) is 0 Å². The number of carbonyl (C=O) groups excluding carboxylic acids is 2. The Morgan fingerprint density at radius 2 is 2.00 bits per heavy atom. The van der Waals surface area contributed by atoms with Crippen molar-refractivity contribution >= 4 is 17.9 Å². The molecule has 8 nitrogen and oxygen atoms in total. The number of carbonyl (C=O) groups is 2. The summed E-state index contributed by atoms with van der Waals surface area (Å²) in [6.07, 6.45) is 3.00. The SMILES string of the molecule is CN(C(=O)OC(C)(C)C)[C@@H]1CCN(c2cnc(C(=O)[O-])cn2)C1.[Li+]. The number of likely N-dealkylation sites (N-methyl/N-ethyl adjacent to an activating group) is 1. The zero-order chi connectivity index (χ0) is 17.2. The molecule has 1 aromatic rings. The summed E-state index contributed by atoms with van der Waals surface area (Å²) in [7, 11) is 1.72. The van der Waals surface area contributed by atoms with Gasteiger partial charge in [-0.05, 0) is 27.2 Å². The average Bonchev–Trinajstić information content (AvgIpc) is 2.94. The first-order valence-corrected chi connectivity index (χ1v) is 7.41. The molecule has 126 valence electrons. The van der Waals surface area contributed by atoms with Crippen molar-refractivity contribution in [3.63, 3.8) is 0 Å². The first-order chi connectivity index (χ1) is 10.7. The number of rotatable bonds is 3. The van der Waals surface area contributed by atoms with Gasteiger partial charge in [0.25, 0.3) is 0 Å². The van der Waals surface area contributed by atoms with Gasteiger partial charge in [-0.15, -0.1) is 0 Å². The van der Waals surface area contributed by atoms with Crippen LogP contribution in [0.2, 0.25) is 0 Å². The van der Waals surface area contributed by atoms with Crippen LogP contribution in [0.15, 0.2) is 12.4 Å². The van der Waals surface area contributed by atoms with Crippen LogP contribution in [-0.2, 0) is 4.74 Å². The molecule has 1 aliphatic heterocycles. The van der Waals surface area contributed by atoms with Crippen LogP contribution in [0.3, 0.4) is 0 Å². The summed E-state index contributed by atoms with van der Waals surface area (Å²) in [5.74, 6) is -0.775. The van der Waals surface area contributed by atoms with Crippen LogP contribution in [0, 0.1) is 0 Å². The number of ether oxygens (including phenoxy) is 1. The normalized spacial score (nSPS) is 17.2. The Bertz CT molecular complexity index is 588. The van der Waals surface area contributed by atoms with E-state index < -0.39 is 11.6 Å². The molecule has 0 aliphatic carbocycles. The fraction of sp³-hybridized carbons (Fsp3) is 0.600.